The predicted octanol–water partition coefficient (Wildman–Crippen LogP) is -1.22. The number of carbonyl (C=O) groups excluding carboxylic acids is 4. The van der Waals surface area contributed by atoms with Gasteiger partial charge in [-0.05, 0) is 27.2 Å². The van der Waals surface area contributed by atoms with E-state index in [1.54, 1.807) is 20.8 Å². The fourth-order valence-corrected chi connectivity index (χ4v) is 1.43. The first kappa shape index (κ1) is 23.2. The van der Waals surface area contributed by atoms with Crippen LogP contribution in [0.15, 0.2) is 0 Å². The van der Waals surface area contributed by atoms with E-state index in [4.69, 9.17) is 11.2 Å². The number of ether oxygens (including phenoxy) is 1. The van der Waals surface area contributed by atoms with Crippen molar-refractivity contribution in [2.24, 2.45) is 0 Å². The van der Waals surface area contributed by atoms with E-state index in [2.05, 4.69) is 32.7 Å². The third kappa shape index (κ3) is 14.8. The highest BCUT2D eigenvalue weighted by Crippen LogP contribution is 2.05. The van der Waals surface area contributed by atoms with Gasteiger partial charge in [0.1, 0.15) is 12.1 Å². The van der Waals surface area contributed by atoms with Gasteiger partial charge in [0.05, 0.1) is 13.1 Å². The quantitative estimate of drug-likeness (QED) is 0.186. The lowest BCUT2D eigenvalue weighted by Crippen LogP contribution is -2.47. The topological polar surface area (TPSA) is 138 Å². The molecule has 0 aliphatic heterocycles. The molecule has 0 aromatic heterocycles. The zero-order chi connectivity index (χ0) is 20.0. The minimum absolute atomic E-state index is 0.243. The smallest absolute Gasteiger partial charge is 0.408 e. The summed E-state index contributed by atoms with van der Waals surface area (Å²) in [5, 5.41) is 6.90. The minimum atomic E-state index is -0.733. The molecule has 0 radical (unpaired) electrons. The van der Waals surface area contributed by atoms with Crippen LogP contribution in [-0.4, -0.2) is 55.6 Å². The fraction of sp³-hybridized carbons (Fsp3) is 0.625. The summed E-state index contributed by atoms with van der Waals surface area (Å²) in [5.41, 5.74) is 4.39. The summed E-state index contributed by atoms with van der Waals surface area (Å²) in [6.07, 6.45) is 5.67. The summed E-state index contributed by atoms with van der Waals surface area (Å²) >= 11 is 0. The molecule has 0 heterocycles. The van der Waals surface area contributed by atoms with Crippen molar-refractivity contribution in [2.45, 2.75) is 39.2 Å². The number of terminal acetylenes is 1. The summed E-state index contributed by atoms with van der Waals surface area (Å²) in [6.45, 7) is 4.71. The standard InChI is InChI=1S/C16H27N5O5/c1-5-6-7-8-20-21-14(24)11-18-12(22)9-17-13(23)10-19-15(25)26-16(2,3)4/h1,20H,6-11H2,2-4H3,(H,17,23)(H,18,22)(H,19,25)(H,21,24). The van der Waals surface area contributed by atoms with Crippen LogP contribution in [0.2, 0.25) is 0 Å². The molecule has 0 unspecified atom stereocenters. The normalized spacial score (nSPS) is 10.2. The molecule has 0 fully saturated rings. The van der Waals surface area contributed by atoms with Crippen LogP contribution in [0.3, 0.4) is 0 Å². The average Bonchev–Trinajstić information content (AvgIpc) is 2.54. The number of hydrogen-bond acceptors (Lipinski definition) is 6. The molecule has 0 aliphatic carbocycles. The molecule has 0 aromatic carbocycles. The van der Waals surface area contributed by atoms with Crippen molar-refractivity contribution < 1.29 is 23.9 Å². The summed E-state index contributed by atoms with van der Waals surface area (Å²) in [7, 11) is 0. The number of amides is 4. The highest BCUT2D eigenvalue weighted by Gasteiger charge is 2.16. The van der Waals surface area contributed by atoms with Crippen LogP contribution < -0.4 is 26.8 Å². The molecule has 0 saturated heterocycles. The Morgan fingerprint density at radius 3 is 2.00 bits per heavy atom. The first-order chi connectivity index (χ1) is 12.1. The van der Waals surface area contributed by atoms with Crippen molar-refractivity contribution in [2.75, 3.05) is 26.2 Å². The number of carbonyl (C=O) groups is 4. The Bertz CT molecular complexity index is 536. The molecule has 4 amide bonds. The molecular weight excluding hydrogens is 342 g/mol. The van der Waals surface area contributed by atoms with Gasteiger partial charge in [-0.2, -0.15) is 0 Å². The van der Waals surface area contributed by atoms with Gasteiger partial charge in [0.15, 0.2) is 0 Å². The Balaban J connectivity index is 3.78. The molecule has 0 spiro atoms. The van der Waals surface area contributed by atoms with Crippen molar-refractivity contribution in [1.82, 2.24) is 26.8 Å². The van der Waals surface area contributed by atoms with Gasteiger partial charge in [0.25, 0.3) is 5.91 Å². The van der Waals surface area contributed by atoms with E-state index in [0.29, 0.717) is 19.4 Å². The SMILES string of the molecule is C#CCCCNNC(=O)CNC(=O)CNC(=O)CNC(=O)OC(C)(C)C. The number of rotatable bonds is 10. The second-order valence-corrected chi connectivity index (χ2v) is 6.19. The van der Waals surface area contributed by atoms with Gasteiger partial charge in [0.2, 0.25) is 11.8 Å². The maximum atomic E-state index is 11.5. The molecule has 0 aromatic rings. The third-order valence-corrected chi connectivity index (χ3v) is 2.54. The van der Waals surface area contributed by atoms with Crippen molar-refractivity contribution in [3.05, 3.63) is 0 Å². The van der Waals surface area contributed by atoms with Crippen LogP contribution in [0, 0.1) is 12.3 Å². The highest BCUT2D eigenvalue weighted by atomic mass is 16.6. The zero-order valence-electron chi connectivity index (χ0n) is 15.4. The van der Waals surface area contributed by atoms with Crippen LogP contribution >= 0.6 is 0 Å². The maximum absolute atomic E-state index is 11.5. The molecule has 0 bridgehead atoms. The van der Waals surface area contributed by atoms with E-state index in [-0.39, 0.29) is 19.6 Å². The summed E-state index contributed by atoms with van der Waals surface area (Å²) in [5.74, 6) is 0.929. The van der Waals surface area contributed by atoms with Gasteiger partial charge < -0.3 is 20.7 Å². The van der Waals surface area contributed by atoms with Gasteiger partial charge in [-0.3, -0.25) is 19.8 Å². The second-order valence-electron chi connectivity index (χ2n) is 6.19. The van der Waals surface area contributed by atoms with Gasteiger partial charge in [-0.1, -0.05) is 0 Å². The highest BCUT2D eigenvalue weighted by molar-refractivity contribution is 5.89. The van der Waals surface area contributed by atoms with E-state index in [9.17, 15) is 19.2 Å². The van der Waals surface area contributed by atoms with E-state index in [0.717, 1.165) is 0 Å². The van der Waals surface area contributed by atoms with Crippen LogP contribution in [0.1, 0.15) is 33.6 Å². The summed E-state index contributed by atoms with van der Waals surface area (Å²) in [6, 6.07) is 0. The van der Waals surface area contributed by atoms with E-state index in [1.807, 2.05) is 0 Å². The Labute approximate surface area is 153 Å². The van der Waals surface area contributed by atoms with E-state index >= 15 is 0 Å². The molecule has 0 rings (SSSR count). The zero-order valence-corrected chi connectivity index (χ0v) is 15.4. The first-order valence-electron chi connectivity index (χ1n) is 8.09. The Morgan fingerprint density at radius 2 is 1.46 bits per heavy atom. The molecule has 10 nitrogen and oxygen atoms in total. The van der Waals surface area contributed by atoms with Crippen molar-refractivity contribution in [1.29, 1.82) is 0 Å². The van der Waals surface area contributed by atoms with Gasteiger partial charge in [0, 0.05) is 13.0 Å². The van der Waals surface area contributed by atoms with E-state index in [1.165, 1.54) is 0 Å². The van der Waals surface area contributed by atoms with Crippen molar-refractivity contribution in [3.8, 4) is 12.3 Å². The van der Waals surface area contributed by atoms with E-state index < -0.39 is 29.4 Å². The number of nitrogens with one attached hydrogen (secondary N) is 5. The molecule has 10 heteroatoms. The van der Waals surface area contributed by atoms with Crippen LogP contribution in [0.5, 0.6) is 0 Å². The molecule has 0 saturated carbocycles. The van der Waals surface area contributed by atoms with Crippen LogP contribution in [0.4, 0.5) is 4.79 Å². The molecule has 146 valence electrons. The summed E-state index contributed by atoms with van der Waals surface area (Å²) in [4.78, 5) is 45.9. The largest absolute Gasteiger partial charge is 0.444 e. The van der Waals surface area contributed by atoms with Gasteiger partial charge in [-0.15, -0.1) is 12.3 Å². The number of hydrazine groups is 1. The van der Waals surface area contributed by atoms with Crippen molar-refractivity contribution in [3.63, 3.8) is 0 Å². The van der Waals surface area contributed by atoms with Crippen LogP contribution in [-0.2, 0) is 19.1 Å². The van der Waals surface area contributed by atoms with Gasteiger partial charge in [-0.25, -0.2) is 10.2 Å². The fourth-order valence-electron chi connectivity index (χ4n) is 1.43. The Morgan fingerprint density at radius 1 is 0.923 bits per heavy atom. The Hall–Kier alpha value is -2.80. The lowest BCUT2D eigenvalue weighted by atomic mass is 10.2. The predicted molar refractivity (Wildman–Crippen MR) is 94.5 cm³/mol. The molecule has 5 N–H and O–H groups in total. The monoisotopic (exact) mass is 369 g/mol. The molecular formula is C16H27N5O5. The second kappa shape index (κ2) is 12.5. The maximum Gasteiger partial charge on any atom is 0.408 e. The molecule has 0 aliphatic rings. The molecule has 0 atom stereocenters. The summed E-state index contributed by atoms with van der Waals surface area (Å²) < 4.78 is 4.96. The average molecular weight is 369 g/mol. The number of unbranched alkanes of at least 4 members (excludes halogenated alkanes) is 1. The third-order valence-electron chi connectivity index (χ3n) is 2.54. The van der Waals surface area contributed by atoms with Crippen LogP contribution in [0.25, 0.3) is 0 Å². The number of alkyl carbamates (subject to hydrolysis) is 1. The number of hydrogen-bond donors (Lipinski definition) is 5. The first-order valence-corrected chi connectivity index (χ1v) is 8.09. The Kier molecular flexibility index (Phi) is 11.2. The van der Waals surface area contributed by atoms with Gasteiger partial charge >= 0.3 is 6.09 Å². The van der Waals surface area contributed by atoms with Crippen molar-refractivity contribution >= 4 is 23.8 Å². The lowest BCUT2D eigenvalue weighted by molar-refractivity contribution is -0.127. The lowest BCUT2D eigenvalue weighted by Gasteiger charge is -2.19. The molecule has 26 heavy (non-hydrogen) atoms. The minimum Gasteiger partial charge on any atom is -0.444 e.